The number of methoxy groups -OCH3 is 2. The Bertz CT molecular complexity index is 838. The molecule has 7 heteroatoms. The molecule has 1 aromatic heterocycles. The number of amides is 1. The zero-order valence-electron chi connectivity index (χ0n) is 16.4. The molecular formula is C21H27N3O4. The number of rotatable bonds is 6. The normalized spacial score (nSPS) is 17.8. The summed E-state index contributed by atoms with van der Waals surface area (Å²) in [6.45, 7) is 1.44. The van der Waals surface area contributed by atoms with Gasteiger partial charge < -0.3 is 19.5 Å². The number of H-pyrrole nitrogens is 1. The van der Waals surface area contributed by atoms with Crippen LogP contribution in [-0.2, 0) is 9.53 Å². The molecule has 2 aromatic rings. The molecule has 1 saturated heterocycles. The number of carbonyl (C=O) groups excluding carboxylic acids is 1. The van der Waals surface area contributed by atoms with Crippen molar-refractivity contribution in [1.82, 2.24) is 10.2 Å². The van der Waals surface area contributed by atoms with E-state index in [1.165, 1.54) is 0 Å². The predicted molar refractivity (Wildman–Crippen MR) is 106 cm³/mol. The van der Waals surface area contributed by atoms with Crippen LogP contribution in [0.15, 0.2) is 18.2 Å². The lowest BCUT2D eigenvalue weighted by Crippen LogP contribution is -2.28. The van der Waals surface area contributed by atoms with Crippen LogP contribution in [0.3, 0.4) is 0 Å². The first-order valence-electron chi connectivity index (χ1n) is 9.90. The number of benzene rings is 1. The van der Waals surface area contributed by atoms with Crippen LogP contribution in [0.4, 0.5) is 5.69 Å². The first-order chi connectivity index (χ1) is 13.7. The Kier molecular flexibility index (Phi) is 5.52. The van der Waals surface area contributed by atoms with E-state index in [2.05, 4.69) is 15.5 Å². The molecule has 7 nitrogen and oxygen atoms in total. The third-order valence-corrected chi connectivity index (χ3v) is 5.81. The maximum atomic E-state index is 12.8. The van der Waals surface area contributed by atoms with E-state index in [-0.39, 0.29) is 17.7 Å². The molecule has 4 rings (SSSR count). The highest BCUT2D eigenvalue weighted by atomic mass is 16.5. The van der Waals surface area contributed by atoms with Crippen molar-refractivity contribution in [3.8, 4) is 22.8 Å². The topological polar surface area (TPSA) is 85.5 Å². The zero-order valence-corrected chi connectivity index (χ0v) is 16.4. The van der Waals surface area contributed by atoms with Crippen molar-refractivity contribution in [3.05, 3.63) is 23.9 Å². The summed E-state index contributed by atoms with van der Waals surface area (Å²) >= 11 is 0. The van der Waals surface area contributed by atoms with Gasteiger partial charge in [-0.25, -0.2) is 0 Å². The lowest BCUT2D eigenvalue weighted by Gasteiger charge is -2.26. The second kappa shape index (κ2) is 8.22. The highest BCUT2D eigenvalue weighted by molar-refractivity contribution is 5.98. The number of aromatic amines is 1. The van der Waals surface area contributed by atoms with Crippen LogP contribution in [0, 0.1) is 5.92 Å². The van der Waals surface area contributed by atoms with Gasteiger partial charge >= 0.3 is 0 Å². The van der Waals surface area contributed by atoms with E-state index in [0.29, 0.717) is 17.2 Å². The Morgan fingerprint density at radius 3 is 2.61 bits per heavy atom. The summed E-state index contributed by atoms with van der Waals surface area (Å²) in [5, 5.41) is 11.0. The summed E-state index contributed by atoms with van der Waals surface area (Å²) < 4.78 is 16.4. The van der Waals surface area contributed by atoms with Crippen LogP contribution in [-0.4, -0.2) is 43.5 Å². The maximum absolute atomic E-state index is 12.8. The first-order valence-corrected chi connectivity index (χ1v) is 9.90. The van der Waals surface area contributed by atoms with Gasteiger partial charge in [-0.2, -0.15) is 5.10 Å². The number of anilines is 1. The monoisotopic (exact) mass is 385 g/mol. The quantitative estimate of drug-likeness (QED) is 0.791. The summed E-state index contributed by atoms with van der Waals surface area (Å²) in [6, 6.07) is 5.59. The Hall–Kier alpha value is -2.54. The summed E-state index contributed by atoms with van der Waals surface area (Å²) in [5.74, 6) is 1.84. The number of hydrogen-bond acceptors (Lipinski definition) is 5. The molecule has 0 spiro atoms. The van der Waals surface area contributed by atoms with Gasteiger partial charge in [0.15, 0.2) is 0 Å². The molecule has 1 saturated carbocycles. The largest absolute Gasteiger partial charge is 0.497 e. The van der Waals surface area contributed by atoms with Gasteiger partial charge in [-0.1, -0.05) is 6.42 Å². The summed E-state index contributed by atoms with van der Waals surface area (Å²) in [5.41, 5.74) is 3.21. The number of ether oxygens (including phenoxy) is 3. The van der Waals surface area contributed by atoms with Crippen LogP contribution in [0.1, 0.15) is 43.7 Å². The second-order valence-corrected chi connectivity index (χ2v) is 7.43. The van der Waals surface area contributed by atoms with E-state index >= 15 is 0 Å². The van der Waals surface area contributed by atoms with Crippen LogP contribution in [0.5, 0.6) is 11.5 Å². The van der Waals surface area contributed by atoms with Gasteiger partial charge in [-0.15, -0.1) is 0 Å². The number of hydrogen-bond donors (Lipinski definition) is 2. The fourth-order valence-electron chi connectivity index (χ4n) is 3.85. The van der Waals surface area contributed by atoms with E-state index in [9.17, 15) is 4.79 Å². The average Bonchev–Trinajstić information content (AvgIpc) is 3.10. The molecule has 2 fully saturated rings. The third-order valence-electron chi connectivity index (χ3n) is 5.81. The van der Waals surface area contributed by atoms with Crippen LogP contribution in [0.25, 0.3) is 11.3 Å². The van der Waals surface area contributed by atoms with Gasteiger partial charge in [-0.05, 0) is 43.9 Å². The van der Waals surface area contributed by atoms with Gasteiger partial charge in [0, 0.05) is 30.6 Å². The molecule has 1 aliphatic heterocycles. The minimum atomic E-state index is 0.0732. The maximum Gasteiger partial charge on any atom is 0.227 e. The highest BCUT2D eigenvalue weighted by Gasteiger charge is 2.30. The van der Waals surface area contributed by atoms with Crippen molar-refractivity contribution < 1.29 is 19.0 Å². The Balaban J connectivity index is 1.76. The molecule has 0 atom stereocenters. The average molecular weight is 385 g/mol. The van der Waals surface area contributed by atoms with Crippen molar-refractivity contribution in [2.75, 3.05) is 32.8 Å². The van der Waals surface area contributed by atoms with Gasteiger partial charge in [-0.3, -0.25) is 9.89 Å². The molecule has 150 valence electrons. The minimum absolute atomic E-state index is 0.0732. The van der Waals surface area contributed by atoms with Crippen LogP contribution < -0.4 is 14.8 Å². The second-order valence-electron chi connectivity index (χ2n) is 7.43. The van der Waals surface area contributed by atoms with E-state index in [1.54, 1.807) is 14.2 Å². The predicted octanol–water partition coefficient (Wildman–Crippen LogP) is 3.73. The smallest absolute Gasteiger partial charge is 0.227 e. The molecule has 28 heavy (non-hydrogen) atoms. The number of nitrogens with one attached hydrogen (secondary N) is 2. The molecule has 2 heterocycles. The van der Waals surface area contributed by atoms with Crippen LogP contribution >= 0.6 is 0 Å². The molecule has 0 bridgehead atoms. The highest BCUT2D eigenvalue weighted by Crippen LogP contribution is 2.42. The Morgan fingerprint density at radius 2 is 1.96 bits per heavy atom. The van der Waals surface area contributed by atoms with E-state index in [0.717, 1.165) is 62.3 Å². The van der Waals surface area contributed by atoms with Crippen molar-refractivity contribution in [1.29, 1.82) is 0 Å². The van der Waals surface area contributed by atoms with Gasteiger partial charge in [0.25, 0.3) is 0 Å². The van der Waals surface area contributed by atoms with Crippen LogP contribution in [0.2, 0.25) is 0 Å². The number of carbonyl (C=O) groups is 1. The standard InChI is InChI=1S/C21H27N3O4/c1-26-15-6-7-17(27-2)16(12-15)19-20(22-21(25)14-4-3-5-14)18(23-24-19)13-8-10-28-11-9-13/h6-7,12-14H,3-5,8-11H2,1-2H3,(H,22,25)(H,23,24). The molecule has 1 aliphatic carbocycles. The fourth-order valence-corrected chi connectivity index (χ4v) is 3.85. The first kappa shape index (κ1) is 18.8. The number of aromatic nitrogens is 2. The molecule has 0 unspecified atom stereocenters. The Morgan fingerprint density at radius 1 is 1.18 bits per heavy atom. The molecule has 2 aliphatic rings. The SMILES string of the molecule is COc1ccc(OC)c(-c2n[nH]c(C3CCOCC3)c2NC(=O)C2CCC2)c1. The lowest BCUT2D eigenvalue weighted by molar-refractivity contribution is -0.122. The fraction of sp³-hybridized carbons (Fsp3) is 0.524. The van der Waals surface area contributed by atoms with Gasteiger partial charge in [0.2, 0.25) is 5.91 Å². The van der Waals surface area contributed by atoms with E-state index in [4.69, 9.17) is 14.2 Å². The van der Waals surface area contributed by atoms with E-state index in [1.807, 2.05) is 18.2 Å². The minimum Gasteiger partial charge on any atom is -0.497 e. The van der Waals surface area contributed by atoms with Crippen molar-refractivity contribution in [3.63, 3.8) is 0 Å². The van der Waals surface area contributed by atoms with Crippen molar-refractivity contribution in [2.45, 2.75) is 38.0 Å². The Labute approximate surface area is 164 Å². The van der Waals surface area contributed by atoms with Crippen molar-refractivity contribution in [2.24, 2.45) is 5.92 Å². The van der Waals surface area contributed by atoms with E-state index < -0.39 is 0 Å². The summed E-state index contributed by atoms with van der Waals surface area (Å²) in [7, 11) is 3.26. The molecule has 1 aromatic carbocycles. The lowest BCUT2D eigenvalue weighted by atomic mass is 9.84. The molecular weight excluding hydrogens is 358 g/mol. The van der Waals surface area contributed by atoms with Gasteiger partial charge in [0.05, 0.1) is 25.6 Å². The number of nitrogens with zero attached hydrogens (tertiary/aromatic N) is 1. The third kappa shape index (κ3) is 3.58. The van der Waals surface area contributed by atoms with Crippen molar-refractivity contribution >= 4 is 11.6 Å². The van der Waals surface area contributed by atoms with Gasteiger partial charge in [0.1, 0.15) is 17.2 Å². The zero-order chi connectivity index (χ0) is 19.5. The summed E-state index contributed by atoms with van der Waals surface area (Å²) in [6.07, 6.45) is 4.83. The molecule has 2 N–H and O–H groups in total. The summed E-state index contributed by atoms with van der Waals surface area (Å²) in [4.78, 5) is 12.8. The molecule has 1 amide bonds. The molecule has 0 radical (unpaired) electrons.